The van der Waals surface area contributed by atoms with Crippen LogP contribution in [0, 0.1) is 5.92 Å². The van der Waals surface area contributed by atoms with Gasteiger partial charge >= 0.3 is 5.97 Å². The van der Waals surface area contributed by atoms with E-state index in [0.717, 1.165) is 24.2 Å². The van der Waals surface area contributed by atoms with Crippen LogP contribution in [0.4, 0.5) is 0 Å². The van der Waals surface area contributed by atoms with Gasteiger partial charge in [0.2, 0.25) is 0 Å². The number of nitrogens with one attached hydrogen (secondary N) is 1. The Balaban J connectivity index is 1.71. The molecule has 0 saturated heterocycles. The molecular formula is C18H23NO4. The van der Waals surface area contributed by atoms with Crippen molar-refractivity contribution in [3.63, 3.8) is 0 Å². The molecule has 0 aromatic heterocycles. The molecule has 1 N–H and O–H groups in total. The highest BCUT2D eigenvalue weighted by atomic mass is 16.5. The van der Waals surface area contributed by atoms with E-state index in [2.05, 4.69) is 5.32 Å². The molecule has 1 aromatic rings. The molecule has 1 aliphatic rings. The summed E-state index contributed by atoms with van der Waals surface area (Å²) in [6.07, 6.45) is 5.27. The first-order chi connectivity index (χ1) is 11.1. The van der Waals surface area contributed by atoms with Crippen molar-refractivity contribution in [1.82, 2.24) is 5.32 Å². The highest BCUT2D eigenvalue weighted by Gasteiger charge is 2.28. The van der Waals surface area contributed by atoms with Crippen LogP contribution in [0.15, 0.2) is 30.3 Å². The Hall–Kier alpha value is -2.30. The molecule has 5 heteroatoms. The normalized spacial score (nSPS) is 15.2. The monoisotopic (exact) mass is 317 g/mol. The molecule has 0 spiro atoms. The van der Waals surface area contributed by atoms with Crippen molar-refractivity contribution in [3.05, 3.63) is 35.9 Å². The standard InChI is InChI=1S/C18H23NO4/c1-3-22-16-9-4-14(5-10-16)6-11-18(21)23-12-17(20)19-13(2)15-7-8-15/h4-6,9-11,13,15H,3,7-8,12H2,1-2H3,(H,19,20)/b11-6+/t13-/m0/s1. The quantitative estimate of drug-likeness (QED) is 0.591. The summed E-state index contributed by atoms with van der Waals surface area (Å²) in [7, 11) is 0. The lowest BCUT2D eigenvalue weighted by Crippen LogP contribution is -2.36. The van der Waals surface area contributed by atoms with Gasteiger partial charge in [0.1, 0.15) is 5.75 Å². The Bertz CT molecular complexity index is 561. The number of amides is 1. The Labute approximate surface area is 136 Å². The Morgan fingerprint density at radius 1 is 1.30 bits per heavy atom. The fraction of sp³-hybridized carbons (Fsp3) is 0.444. The van der Waals surface area contributed by atoms with Gasteiger partial charge in [0.15, 0.2) is 6.61 Å². The van der Waals surface area contributed by atoms with Crippen molar-refractivity contribution in [2.24, 2.45) is 5.92 Å². The maximum atomic E-state index is 11.6. The first-order valence-electron chi connectivity index (χ1n) is 7.95. The van der Waals surface area contributed by atoms with E-state index in [0.29, 0.717) is 12.5 Å². The summed E-state index contributed by atoms with van der Waals surface area (Å²) in [6.45, 7) is 4.26. The van der Waals surface area contributed by atoms with Gasteiger partial charge in [0.25, 0.3) is 5.91 Å². The zero-order valence-corrected chi connectivity index (χ0v) is 13.6. The van der Waals surface area contributed by atoms with Gasteiger partial charge in [-0.1, -0.05) is 12.1 Å². The lowest BCUT2D eigenvalue weighted by atomic mass is 10.2. The van der Waals surface area contributed by atoms with Crippen LogP contribution < -0.4 is 10.1 Å². The number of benzene rings is 1. The van der Waals surface area contributed by atoms with E-state index >= 15 is 0 Å². The first kappa shape index (κ1) is 17.1. The Morgan fingerprint density at radius 3 is 2.61 bits per heavy atom. The molecule has 2 rings (SSSR count). The predicted octanol–water partition coefficient (Wildman–Crippen LogP) is 2.56. The number of carbonyl (C=O) groups is 2. The highest BCUT2D eigenvalue weighted by molar-refractivity contribution is 5.89. The van der Waals surface area contributed by atoms with Crippen LogP contribution in [0.25, 0.3) is 6.08 Å². The maximum Gasteiger partial charge on any atom is 0.331 e. The molecule has 5 nitrogen and oxygen atoms in total. The molecule has 124 valence electrons. The van der Waals surface area contributed by atoms with E-state index in [1.165, 1.54) is 6.08 Å². The largest absolute Gasteiger partial charge is 0.494 e. The van der Waals surface area contributed by atoms with Crippen LogP contribution >= 0.6 is 0 Å². The minimum atomic E-state index is -0.534. The van der Waals surface area contributed by atoms with Crippen molar-refractivity contribution < 1.29 is 19.1 Å². The fourth-order valence-corrected chi connectivity index (χ4v) is 2.20. The van der Waals surface area contributed by atoms with Gasteiger partial charge in [-0.05, 0) is 56.4 Å². The molecule has 1 saturated carbocycles. The Morgan fingerprint density at radius 2 is 2.00 bits per heavy atom. The van der Waals surface area contributed by atoms with Crippen LogP contribution in [-0.2, 0) is 14.3 Å². The second kappa shape index (κ2) is 8.36. The number of rotatable bonds is 8. The van der Waals surface area contributed by atoms with E-state index in [1.54, 1.807) is 6.08 Å². The van der Waals surface area contributed by atoms with E-state index in [-0.39, 0.29) is 18.6 Å². The third-order valence-corrected chi connectivity index (χ3v) is 3.67. The van der Waals surface area contributed by atoms with E-state index in [9.17, 15) is 9.59 Å². The summed E-state index contributed by atoms with van der Waals surface area (Å²) < 4.78 is 10.3. The van der Waals surface area contributed by atoms with E-state index in [4.69, 9.17) is 9.47 Å². The van der Waals surface area contributed by atoms with Gasteiger partial charge in [-0.2, -0.15) is 0 Å². The molecule has 0 unspecified atom stereocenters. The van der Waals surface area contributed by atoms with Crippen LogP contribution in [0.5, 0.6) is 5.75 Å². The summed E-state index contributed by atoms with van der Waals surface area (Å²) in [5.41, 5.74) is 0.859. The average Bonchev–Trinajstić information content (AvgIpc) is 3.37. The number of ether oxygens (including phenoxy) is 2. The highest BCUT2D eigenvalue weighted by Crippen LogP contribution is 2.32. The van der Waals surface area contributed by atoms with Crippen molar-refractivity contribution >= 4 is 18.0 Å². The van der Waals surface area contributed by atoms with Crippen LogP contribution in [0.1, 0.15) is 32.3 Å². The molecule has 1 amide bonds. The summed E-state index contributed by atoms with van der Waals surface area (Å²) >= 11 is 0. The van der Waals surface area contributed by atoms with Crippen molar-refractivity contribution in [1.29, 1.82) is 0 Å². The number of carbonyl (C=O) groups excluding carboxylic acids is 2. The molecule has 1 atom stereocenters. The number of esters is 1. The maximum absolute atomic E-state index is 11.6. The third kappa shape index (κ3) is 6.14. The lowest BCUT2D eigenvalue weighted by molar-refractivity contribution is -0.144. The van der Waals surface area contributed by atoms with Crippen molar-refractivity contribution in [2.45, 2.75) is 32.7 Å². The minimum absolute atomic E-state index is 0.153. The zero-order valence-electron chi connectivity index (χ0n) is 13.6. The SMILES string of the molecule is CCOc1ccc(/C=C/C(=O)OCC(=O)N[C@@H](C)C2CC2)cc1. The van der Waals surface area contributed by atoms with Crippen molar-refractivity contribution in [2.75, 3.05) is 13.2 Å². The van der Waals surface area contributed by atoms with Gasteiger partial charge in [0.05, 0.1) is 6.61 Å². The van der Waals surface area contributed by atoms with Crippen LogP contribution in [0.2, 0.25) is 0 Å². The number of hydrogen-bond acceptors (Lipinski definition) is 4. The molecule has 1 aliphatic carbocycles. The van der Waals surface area contributed by atoms with Crippen LogP contribution in [-0.4, -0.2) is 31.1 Å². The summed E-state index contributed by atoms with van der Waals surface area (Å²) in [4.78, 5) is 23.2. The van der Waals surface area contributed by atoms with Crippen molar-refractivity contribution in [3.8, 4) is 5.75 Å². The molecule has 0 bridgehead atoms. The summed E-state index contributed by atoms with van der Waals surface area (Å²) in [5.74, 6) is 0.572. The number of hydrogen-bond donors (Lipinski definition) is 1. The summed E-state index contributed by atoms with van der Waals surface area (Å²) in [6, 6.07) is 7.51. The van der Waals surface area contributed by atoms with Gasteiger partial charge < -0.3 is 14.8 Å². The molecule has 0 aliphatic heterocycles. The third-order valence-electron chi connectivity index (χ3n) is 3.67. The van der Waals surface area contributed by atoms with Gasteiger partial charge in [-0.15, -0.1) is 0 Å². The van der Waals surface area contributed by atoms with Gasteiger partial charge in [0, 0.05) is 12.1 Å². The smallest absolute Gasteiger partial charge is 0.331 e. The molecule has 0 heterocycles. The molecule has 23 heavy (non-hydrogen) atoms. The van der Waals surface area contributed by atoms with E-state index < -0.39 is 5.97 Å². The zero-order chi connectivity index (χ0) is 16.7. The molecule has 0 radical (unpaired) electrons. The molecule has 1 fully saturated rings. The lowest BCUT2D eigenvalue weighted by Gasteiger charge is -2.12. The van der Waals surface area contributed by atoms with Crippen LogP contribution in [0.3, 0.4) is 0 Å². The Kier molecular flexibility index (Phi) is 6.20. The molecule has 1 aromatic carbocycles. The molecular weight excluding hydrogens is 294 g/mol. The van der Waals surface area contributed by atoms with Gasteiger partial charge in [-0.25, -0.2) is 4.79 Å². The van der Waals surface area contributed by atoms with Gasteiger partial charge in [-0.3, -0.25) is 4.79 Å². The second-order valence-corrected chi connectivity index (χ2v) is 5.64. The minimum Gasteiger partial charge on any atom is -0.494 e. The average molecular weight is 317 g/mol. The van der Waals surface area contributed by atoms with E-state index in [1.807, 2.05) is 38.1 Å². The fourth-order valence-electron chi connectivity index (χ4n) is 2.20. The first-order valence-corrected chi connectivity index (χ1v) is 7.95. The predicted molar refractivity (Wildman–Crippen MR) is 87.9 cm³/mol. The summed E-state index contributed by atoms with van der Waals surface area (Å²) in [5, 5.41) is 2.83. The topological polar surface area (TPSA) is 64.6 Å². The second-order valence-electron chi connectivity index (χ2n) is 5.64.